The molecule has 1 unspecified atom stereocenters. The Kier molecular flexibility index (Phi) is 5.20. The lowest BCUT2D eigenvalue weighted by atomic mass is 10.1. The van der Waals surface area contributed by atoms with Crippen LogP contribution in [0.25, 0.3) is 0 Å². The summed E-state index contributed by atoms with van der Waals surface area (Å²) in [4.78, 5) is 12.1. The Bertz CT molecular complexity index is 444. The van der Waals surface area contributed by atoms with Crippen LogP contribution in [0.2, 0.25) is 0 Å². The minimum absolute atomic E-state index is 0.0860. The first kappa shape index (κ1) is 15.0. The molecule has 0 aliphatic carbocycles. The fraction of sp³-hybridized carbons (Fsp3) is 0.500. The van der Waals surface area contributed by atoms with Gasteiger partial charge in [0, 0.05) is 10.2 Å². The Labute approximate surface area is 117 Å². The van der Waals surface area contributed by atoms with Gasteiger partial charge in [-0.25, -0.2) is 4.79 Å². The molecule has 0 aliphatic heterocycles. The number of nitrogens with two attached hydrogens (primary N) is 1. The maximum atomic E-state index is 12.1. The second-order valence-corrected chi connectivity index (χ2v) is 5.93. The smallest absolute Gasteiger partial charge is 0.338 e. The van der Waals surface area contributed by atoms with E-state index in [1.807, 2.05) is 13.8 Å². The van der Waals surface area contributed by atoms with Crippen molar-refractivity contribution in [2.45, 2.75) is 40.2 Å². The number of carbonyl (C=O) groups excluding carboxylic acids is 1. The first-order chi connectivity index (χ1) is 8.31. The summed E-state index contributed by atoms with van der Waals surface area (Å²) in [6.45, 7) is 7.94. The van der Waals surface area contributed by atoms with Gasteiger partial charge in [0.25, 0.3) is 0 Å². The van der Waals surface area contributed by atoms with Crippen LogP contribution in [0.5, 0.6) is 0 Å². The predicted molar refractivity (Wildman–Crippen MR) is 77.6 cm³/mol. The molecule has 0 saturated carbocycles. The highest BCUT2D eigenvalue weighted by Crippen LogP contribution is 2.24. The van der Waals surface area contributed by atoms with Crippen LogP contribution < -0.4 is 5.73 Å². The molecule has 1 atom stereocenters. The summed E-state index contributed by atoms with van der Waals surface area (Å²) in [5.41, 5.74) is 7.71. The van der Waals surface area contributed by atoms with Crippen molar-refractivity contribution in [3.05, 3.63) is 27.7 Å². The number of hydrogen-bond donors (Lipinski definition) is 1. The number of esters is 1. The van der Waals surface area contributed by atoms with E-state index in [4.69, 9.17) is 10.5 Å². The molecule has 1 aromatic rings. The fourth-order valence-corrected chi connectivity index (χ4v) is 2.35. The molecule has 0 amide bonds. The average molecular weight is 314 g/mol. The molecular weight excluding hydrogens is 294 g/mol. The number of halogens is 1. The van der Waals surface area contributed by atoms with Crippen molar-refractivity contribution >= 4 is 27.6 Å². The molecule has 0 aliphatic rings. The summed E-state index contributed by atoms with van der Waals surface area (Å²) in [7, 11) is 0. The van der Waals surface area contributed by atoms with E-state index in [2.05, 4.69) is 29.8 Å². The molecule has 2 N–H and O–H groups in total. The minimum atomic E-state index is -0.311. The van der Waals surface area contributed by atoms with Gasteiger partial charge in [-0.1, -0.05) is 29.8 Å². The Morgan fingerprint density at radius 2 is 2.00 bits per heavy atom. The van der Waals surface area contributed by atoms with Crippen LogP contribution in [-0.2, 0) is 4.74 Å². The standard InChI is InChI=1S/C14H20BrNO2/c1-8(2)5-9(3)18-14(17)12-6-11(15)7-13(16)10(12)4/h6-9H,5,16H2,1-4H3. The largest absolute Gasteiger partial charge is 0.459 e. The van der Waals surface area contributed by atoms with Gasteiger partial charge in [0.15, 0.2) is 0 Å². The van der Waals surface area contributed by atoms with Gasteiger partial charge in [0.1, 0.15) is 0 Å². The molecule has 1 rings (SSSR count). The van der Waals surface area contributed by atoms with Crippen molar-refractivity contribution in [1.82, 2.24) is 0 Å². The maximum absolute atomic E-state index is 12.1. The van der Waals surface area contributed by atoms with E-state index in [9.17, 15) is 4.79 Å². The zero-order valence-corrected chi connectivity index (χ0v) is 12.9. The third-order valence-electron chi connectivity index (χ3n) is 2.74. The zero-order chi connectivity index (χ0) is 13.9. The highest BCUT2D eigenvalue weighted by atomic mass is 79.9. The van der Waals surface area contributed by atoms with Gasteiger partial charge in [-0.15, -0.1) is 0 Å². The number of rotatable bonds is 4. The summed E-state index contributed by atoms with van der Waals surface area (Å²) in [5.74, 6) is 0.190. The number of carbonyl (C=O) groups is 1. The molecule has 0 fully saturated rings. The van der Waals surface area contributed by atoms with Gasteiger partial charge in [-0.05, 0) is 43.9 Å². The van der Waals surface area contributed by atoms with Crippen molar-refractivity contribution in [2.75, 3.05) is 5.73 Å². The Balaban J connectivity index is 2.85. The lowest BCUT2D eigenvalue weighted by molar-refractivity contribution is 0.0299. The molecule has 0 spiro atoms. The lowest BCUT2D eigenvalue weighted by Gasteiger charge is -2.16. The van der Waals surface area contributed by atoms with Gasteiger partial charge < -0.3 is 10.5 Å². The predicted octanol–water partition coefficient (Wildman–Crippen LogP) is 3.93. The quantitative estimate of drug-likeness (QED) is 0.677. The third-order valence-corrected chi connectivity index (χ3v) is 3.20. The second kappa shape index (κ2) is 6.23. The highest BCUT2D eigenvalue weighted by Gasteiger charge is 2.17. The van der Waals surface area contributed by atoms with Crippen LogP contribution in [0.4, 0.5) is 5.69 Å². The number of ether oxygens (including phenoxy) is 1. The molecule has 0 radical (unpaired) electrons. The molecule has 3 nitrogen and oxygen atoms in total. The van der Waals surface area contributed by atoms with Crippen LogP contribution in [0.15, 0.2) is 16.6 Å². The van der Waals surface area contributed by atoms with Gasteiger partial charge in [0.05, 0.1) is 11.7 Å². The summed E-state index contributed by atoms with van der Waals surface area (Å²) in [5, 5.41) is 0. The van der Waals surface area contributed by atoms with Gasteiger partial charge in [-0.3, -0.25) is 0 Å². The van der Waals surface area contributed by atoms with E-state index >= 15 is 0 Å². The summed E-state index contributed by atoms with van der Waals surface area (Å²) in [6.07, 6.45) is 0.769. The monoisotopic (exact) mass is 313 g/mol. The molecule has 0 aromatic heterocycles. The number of nitrogen functional groups attached to an aromatic ring is 1. The molecule has 0 bridgehead atoms. The second-order valence-electron chi connectivity index (χ2n) is 5.01. The Hall–Kier alpha value is -1.03. The van der Waals surface area contributed by atoms with Crippen molar-refractivity contribution in [1.29, 1.82) is 0 Å². The topological polar surface area (TPSA) is 52.3 Å². The third kappa shape index (κ3) is 4.02. The van der Waals surface area contributed by atoms with Crippen molar-refractivity contribution in [3.8, 4) is 0 Å². The summed E-state index contributed by atoms with van der Waals surface area (Å²) >= 11 is 3.33. The SMILES string of the molecule is Cc1c(N)cc(Br)cc1C(=O)OC(C)CC(C)C. The normalized spacial score (nSPS) is 12.6. The van der Waals surface area contributed by atoms with Crippen LogP contribution in [-0.4, -0.2) is 12.1 Å². The van der Waals surface area contributed by atoms with Gasteiger partial charge in [0.2, 0.25) is 0 Å². The number of hydrogen-bond acceptors (Lipinski definition) is 3. The zero-order valence-electron chi connectivity index (χ0n) is 11.3. The molecule has 18 heavy (non-hydrogen) atoms. The molecular formula is C14H20BrNO2. The Morgan fingerprint density at radius 1 is 1.39 bits per heavy atom. The Morgan fingerprint density at radius 3 is 2.56 bits per heavy atom. The van der Waals surface area contributed by atoms with E-state index in [1.165, 1.54) is 0 Å². The summed E-state index contributed by atoms with van der Waals surface area (Å²) < 4.78 is 6.21. The van der Waals surface area contributed by atoms with E-state index < -0.39 is 0 Å². The molecule has 0 heterocycles. The lowest BCUT2D eigenvalue weighted by Crippen LogP contribution is -2.18. The molecule has 100 valence electrons. The molecule has 1 aromatic carbocycles. The highest BCUT2D eigenvalue weighted by molar-refractivity contribution is 9.10. The van der Waals surface area contributed by atoms with Crippen molar-refractivity contribution in [3.63, 3.8) is 0 Å². The average Bonchev–Trinajstić information content (AvgIpc) is 2.21. The van der Waals surface area contributed by atoms with Gasteiger partial charge >= 0.3 is 5.97 Å². The van der Waals surface area contributed by atoms with Crippen molar-refractivity contribution < 1.29 is 9.53 Å². The van der Waals surface area contributed by atoms with Crippen LogP contribution in [0.3, 0.4) is 0 Å². The number of benzene rings is 1. The first-order valence-corrected chi connectivity index (χ1v) is 6.87. The first-order valence-electron chi connectivity index (χ1n) is 6.07. The van der Waals surface area contributed by atoms with Crippen LogP contribution in [0.1, 0.15) is 43.1 Å². The van der Waals surface area contributed by atoms with E-state index in [0.717, 1.165) is 16.5 Å². The molecule has 4 heteroatoms. The molecule has 0 saturated heterocycles. The van der Waals surface area contributed by atoms with E-state index in [0.29, 0.717) is 17.2 Å². The van der Waals surface area contributed by atoms with E-state index in [1.54, 1.807) is 12.1 Å². The van der Waals surface area contributed by atoms with Crippen LogP contribution >= 0.6 is 15.9 Å². The maximum Gasteiger partial charge on any atom is 0.338 e. The number of anilines is 1. The van der Waals surface area contributed by atoms with Gasteiger partial charge in [-0.2, -0.15) is 0 Å². The van der Waals surface area contributed by atoms with Crippen LogP contribution in [0, 0.1) is 12.8 Å². The summed E-state index contributed by atoms with van der Waals surface area (Å²) in [6, 6.07) is 3.53. The minimum Gasteiger partial charge on any atom is -0.459 e. The van der Waals surface area contributed by atoms with Crippen molar-refractivity contribution in [2.24, 2.45) is 5.92 Å². The van der Waals surface area contributed by atoms with E-state index in [-0.39, 0.29) is 12.1 Å². The fourth-order valence-electron chi connectivity index (χ4n) is 1.87.